The van der Waals surface area contributed by atoms with E-state index in [4.69, 9.17) is 0 Å². The predicted molar refractivity (Wildman–Crippen MR) is 112 cm³/mol. The molecule has 148 valence electrons. The van der Waals surface area contributed by atoms with E-state index >= 15 is 0 Å². The van der Waals surface area contributed by atoms with Crippen LogP contribution in [0, 0.1) is 22.7 Å². The number of carbonyl (C=O) groups excluding carboxylic acids is 1. The molecule has 1 unspecified atom stereocenters. The number of carbonyl (C=O) groups is 1. The van der Waals surface area contributed by atoms with Crippen molar-refractivity contribution in [1.82, 2.24) is 4.90 Å². The summed E-state index contributed by atoms with van der Waals surface area (Å²) >= 11 is 1.64. The number of rotatable bonds is 5. The average molecular weight is 388 g/mol. The quantitative estimate of drug-likeness (QED) is 0.775. The molecule has 0 bridgehead atoms. The second-order valence-corrected chi connectivity index (χ2v) is 9.95. The first kappa shape index (κ1) is 20.4. The third-order valence-electron chi connectivity index (χ3n) is 6.71. The zero-order chi connectivity index (χ0) is 19.4. The first-order valence-electron chi connectivity index (χ1n) is 10.5. The summed E-state index contributed by atoms with van der Waals surface area (Å²) in [5, 5.41) is 13.5. The Morgan fingerprint density at radius 2 is 2.00 bits per heavy atom. The zero-order valence-electron chi connectivity index (χ0n) is 17.1. The van der Waals surface area contributed by atoms with Crippen molar-refractivity contribution in [3.8, 4) is 6.07 Å². The lowest BCUT2D eigenvalue weighted by Gasteiger charge is -2.36. The molecular formula is C22H33N3OS. The van der Waals surface area contributed by atoms with E-state index in [1.807, 2.05) is 0 Å². The molecule has 1 saturated heterocycles. The SMILES string of the molecule is CCC(C)(C)C1CCc2c(sc(NC(=O)CN3CCCCCC3)c2C#N)C1. The molecule has 1 atom stereocenters. The molecule has 0 radical (unpaired) electrons. The van der Waals surface area contributed by atoms with E-state index in [-0.39, 0.29) is 5.91 Å². The number of thiophene rings is 1. The molecule has 1 amide bonds. The fourth-order valence-electron chi connectivity index (χ4n) is 4.41. The van der Waals surface area contributed by atoms with Gasteiger partial charge in [0.05, 0.1) is 12.1 Å². The van der Waals surface area contributed by atoms with Gasteiger partial charge in [-0.05, 0) is 62.1 Å². The van der Waals surface area contributed by atoms with Crippen molar-refractivity contribution in [3.63, 3.8) is 0 Å². The van der Waals surface area contributed by atoms with Crippen LogP contribution in [0.25, 0.3) is 0 Å². The number of likely N-dealkylation sites (tertiary alicyclic amines) is 1. The molecule has 3 rings (SSSR count). The smallest absolute Gasteiger partial charge is 0.239 e. The monoisotopic (exact) mass is 387 g/mol. The first-order valence-corrected chi connectivity index (χ1v) is 11.3. The molecule has 4 nitrogen and oxygen atoms in total. The maximum absolute atomic E-state index is 12.6. The molecule has 2 heterocycles. The standard InChI is InChI=1S/C22H33N3OS/c1-4-22(2,3)16-9-10-17-18(14-23)21(27-19(17)13-16)24-20(26)15-25-11-7-5-6-8-12-25/h16H,4-13,15H2,1-3H3,(H,24,26). The number of nitrogens with one attached hydrogen (secondary N) is 1. The molecular weight excluding hydrogens is 354 g/mol. The molecule has 5 heteroatoms. The number of hydrogen-bond donors (Lipinski definition) is 1. The maximum atomic E-state index is 12.6. The molecule has 1 fully saturated rings. The summed E-state index contributed by atoms with van der Waals surface area (Å²) in [5.41, 5.74) is 2.23. The molecule has 0 aromatic carbocycles. The molecule has 1 aliphatic heterocycles. The Kier molecular flexibility index (Phi) is 6.60. The summed E-state index contributed by atoms with van der Waals surface area (Å²) in [7, 11) is 0. The van der Waals surface area contributed by atoms with Crippen molar-refractivity contribution in [2.24, 2.45) is 11.3 Å². The van der Waals surface area contributed by atoms with Crippen LogP contribution in [-0.4, -0.2) is 30.4 Å². The van der Waals surface area contributed by atoms with Gasteiger partial charge in [-0.2, -0.15) is 5.26 Å². The number of nitriles is 1. The Labute approximate surface area is 167 Å². The van der Waals surface area contributed by atoms with Crippen LogP contribution in [-0.2, 0) is 17.6 Å². The Bertz CT molecular complexity index is 708. The first-order chi connectivity index (χ1) is 12.9. The minimum absolute atomic E-state index is 0.0254. The van der Waals surface area contributed by atoms with Crippen LogP contribution in [0.4, 0.5) is 5.00 Å². The molecule has 1 aliphatic carbocycles. The minimum atomic E-state index is 0.0254. The molecule has 1 aromatic rings. The number of nitrogens with zero attached hydrogens (tertiary/aromatic N) is 2. The van der Waals surface area contributed by atoms with Crippen LogP contribution in [0.2, 0.25) is 0 Å². The third kappa shape index (κ3) is 4.73. The largest absolute Gasteiger partial charge is 0.315 e. The second-order valence-electron chi connectivity index (χ2n) is 8.84. The predicted octanol–water partition coefficient (Wildman–Crippen LogP) is 4.98. The van der Waals surface area contributed by atoms with Crippen molar-refractivity contribution in [2.45, 2.75) is 72.1 Å². The Morgan fingerprint density at radius 3 is 2.63 bits per heavy atom. The molecule has 1 N–H and O–H groups in total. The van der Waals surface area contributed by atoms with E-state index in [0.29, 0.717) is 23.4 Å². The Morgan fingerprint density at radius 1 is 1.30 bits per heavy atom. The third-order valence-corrected chi connectivity index (χ3v) is 7.88. The fourth-order valence-corrected chi connectivity index (χ4v) is 5.71. The number of anilines is 1. The van der Waals surface area contributed by atoms with Gasteiger partial charge in [0.1, 0.15) is 11.1 Å². The van der Waals surface area contributed by atoms with Crippen LogP contribution in [0.15, 0.2) is 0 Å². The van der Waals surface area contributed by atoms with E-state index in [9.17, 15) is 10.1 Å². The lowest BCUT2D eigenvalue weighted by atomic mass is 9.69. The van der Waals surface area contributed by atoms with Crippen LogP contribution < -0.4 is 5.32 Å². The lowest BCUT2D eigenvalue weighted by Crippen LogP contribution is -2.33. The van der Waals surface area contributed by atoms with Gasteiger partial charge in [-0.3, -0.25) is 9.69 Å². The Hall–Kier alpha value is -1.38. The highest BCUT2D eigenvalue weighted by molar-refractivity contribution is 7.16. The highest BCUT2D eigenvalue weighted by atomic mass is 32.1. The van der Waals surface area contributed by atoms with Gasteiger partial charge in [0.25, 0.3) is 0 Å². The molecule has 0 saturated carbocycles. The van der Waals surface area contributed by atoms with Crippen molar-refractivity contribution >= 4 is 22.2 Å². The number of amides is 1. The van der Waals surface area contributed by atoms with Crippen molar-refractivity contribution in [1.29, 1.82) is 5.26 Å². The fraction of sp³-hybridized carbons (Fsp3) is 0.727. The zero-order valence-corrected chi connectivity index (χ0v) is 17.9. The van der Waals surface area contributed by atoms with Gasteiger partial charge in [0, 0.05) is 4.88 Å². The summed E-state index contributed by atoms with van der Waals surface area (Å²) in [6, 6.07) is 2.37. The highest BCUT2D eigenvalue weighted by Crippen LogP contribution is 2.45. The van der Waals surface area contributed by atoms with Gasteiger partial charge in [-0.1, -0.05) is 40.0 Å². The summed E-state index contributed by atoms with van der Waals surface area (Å²) in [4.78, 5) is 16.2. The van der Waals surface area contributed by atoms with Crippen LogP contribution in [0.5, 0.6) is 0 Å². The van der Waals surface area contributed by atoms with E-state index < -0.39 is 0 Å². The van der Waals surface area contributed by atoms with Gasteiger partial charge < -0.3 is 5.32 Å². The highest BCUT2D eigenvalue weighted by Gasteiger charge is 2.34. The normalized spacial score (nSPS) is 21.2. The van der Waals surface area contributed by atoms with E-state index in [1.54, 1.807) is 11.3 Å². The van der Waals surface area contributed by atoms with Gasteiger partial charge in [0.15, 0.2) is 0 Å². The van der Waals surface area contributed by atoms with E-state index in [1.165, 1.54) is 42.5 Å². The van der Waals surface area contributed by atoms with E-state index in [2.05, 4.69) is 37.1 Å². The molecule has 2 aliphatic rings. The minimum Gasteiger partial charge on any atom is -0.315 e. The van der Waals surface area contributed by atoms with Crippen molar-refractivity contribution in [3.05, 3.63) is 16.0 Å². The van der Waals surface area contributed by atoms with Crippen molar-refractivity contribution < 1.29 is 4.79 Å². The van der Waals surface area contributed by atoms with Crippen molar-refractivity contribution in [2.75, 3.05) is 25.0 Å². The maximum Gasteiger partial charge on any atom is 0.239 e. The van der Waals surface area contributed by atoms with Gasteiger partial charge in [0.2, 0.25) is 5.91 Å². The molecule has 0 spiro atoms. The van der Waals surface area contributed by atoms with Crippen LogP contribution in [0.3, 0.4) is 0 Å². The number of fused-ring (bicyclic) bond motifs is 1. The lowest BCUT2D eigenvalue weighted by molar-refractivity contribution is -0.117. The van der Waals surface area contributed by atoms with E-state index in [0.717, 1.165) is 37.4 Å². The topological polar surface area (TPSA) is 56.1 Å². The van der Waals surface area contributed by atoms with Gasteiger partial charge >= 0.3 is 0 Å². The van der Waals surface area contributed by atoms with Gasteiger partial charge in [-0.25, -0.2) is 0 Å². The van der Waals surface area contributed by atoms with Gasteiger partial charge in [-0.15, -0.1) is 11.3 Å². The molecule has 27 heavy (non-hydrogen) atoms. The summed E-state index contributed by atoms with van der Waals surface area (Å²) in [6.45, 7) is 9.43. The average Bonchev–Trinajstić information content (AvgIpc) is 2.79. The summed E-state index contributed by atoms with van der Waals surface area (Å²) < 4.78 is 0. The second kappa shape index (κ2) is 8.75. The summed E-state index contributed by atoms with van der Waals surface area (Å²) in [6.07, 6.45) is 9.20. The van der Waals surface area contributed by atoms with Crippen LogP contribution >= 0.6 is 11.3 Å². The summed E-state index contributed by atoms with van der Waals surface area (Å²) in [5.74, 6) is 0.679. The Balaban J connectivity index is 1.70. The molecule has 1 aromatic heterocycles. The number of hydrogen-bond acceptors (Lipinski definition) is 4. The van der Waals surface area contributed by atoms with Crippen LogP contribution in [0.1, 0.15) is 75.3 Å².